The monoisotopic (exact) mass is 368 g/mol. The number of nitrogens with zero attached hydrogens (tertiary/aromatic N) is 5. The predicted molar refractivity (Wildman–Crippen MR) is 104 cm³/mol. The number of hydrogen-bond donors (Lipinski definition) is 1. The summed E-state index contributed by atoms with van der Waals surface area (Å²) in [6.45, 7) is 6.68. The van der Waals surface area contributed by atoms with E-state index in [9.17, 15) is 0 Å². The van der Waals surface area contributed by atoms with E-state index in [2.05, 4.69) is 32.1 Å². The van der Waals surface area contributed by atoms with Crippen LogP contribution < -0.4 is 20.1 Å². The van der Waals surface area contributed by atoms with Gasteiger partial charge in [0, 0.05) is 20.1 Å². The molecular weight excluding hydrogens is 344 g/mol. The molecule has 1 aromatic carbocycles. The topological polar surface area (TPSA) is 91.3 Å². The highest BCUT2D eigenvalue weighted by molar-refractivity contribution is 5.86. The van der Waals surface area contributed by atoms with E-state index in [-0.39, 0.29) is 0 Å². The summed E-state index contributed by atoms with van der Waals surface area (Å²) in [6.07, 6.45) is 2.58. The zero-order valence-electron chi connectivity index (χ0n) is 15.9. The average Bonchev–Trinajstić information content (AvgIpc) is 3.04. The van der Waals surface area contributed by atoms with Crippen LogP contribution in [0.15, 0.2) is 18.3 Å². The molecule has 3 heterocycles. The Morgan fingerprint density at radius 3 is 2.48 bits per heavy atom. The number of fused-ring (bicyclic) bond motifs is 2. The number of nitrogens with two attached hydrogens (primary N) is 1. The second-order valence-corrected chi connectivity index (χ2v) is 6.52. The molecule has 1 aliphatic heterocycles. The molecule has 0 aliphatic carbocycles. The summed E-state index contributed by atoms with van der Waals surface area (Å²) < 4.78 is 13.2. The van der Waals surface area contributed by atoms with Crippen LogP contribution >= 0.6 is 0 Å². The fraction of sp³-hybridized carbons (Fsp3) is 0.421. The Balaban J connectivity index is 1.68. The third kappa shape index (κ3) is 3.11. The van der Waals surface area contributed by atoms with Gasteiger partial charge in [0.05, 0.1) is 24.8 Å². The molecule has 3 aromatic rings. The van der Waals surface area contributed by atoms with E-state index in [0.717, 1.165) is 35.5 Å². The second-order valence-electron chi connectivity index (χ2n) is 6.52. The lowest BCUT2D eigenvalue weighted by Crippen LogP contribution is -2.32. The molecule has 8 nitrogen and oxygen atoms in total. The molecule has 27 heavy (non-hydrogen) atoms. The first-order valence-corrected chi connectivity index (χ1v) is 9.22. The number of benzene rings is 1. The van der Waals surface area contributed by atoms with Gasteiger partial charge < -0.3 is 20.1 Å². The predicted octanol–water partition coefficient (Wildman–Crippen LogP) is 2.31. The standard InChI is InChI=1S/C19H24N6O2/c1-4-26-15-8-12-6-7-25(11-13(12)9-16(15)27-5-2)19-22-17(20)14-10-21-24(3)18(14)23-19/h8-10H,4-7,11H2,1-3H3,(H2,20,22,23). The van der Waals surface area contributed by atoms with Crippen molar-refractivity contribution in [1.29, 1.82) is 0 Å². The lowest BCUT2D eigenvalue weighted by atomic mass is 9.99. The first-order valence-electron chi connectivity index (χ1n) is 9.22. The lowest BCUT2D eigenvalue weighted by molar-refractivity contribution is 0.287. The molecule has 8 heteroatoms. The van der Waals surface area contributed by atoms with Crippen LogP contribution in [-0.4, -0.2) is 39.5 Å². The Labute approximate surface area is 157 Å². The van der Waals surface area contributed by atoms with Crippen molar-refractivity contribution >= 4 is 22.8 Å². The Hall–Kier alpha value is -3.03. The van der Waals surface area contributed by atoms with Crippen molar-refractivity contribution in [3.8, 4) is 11.5 Å². The maximum absolute atomic E-state index is 6.12. The maximum atomic E-state index is 6.12. The number of aromatic nitrogens is 4. The summed E-state index contributed by atoms with van der Waals surface area (Å²) in [4.78, 5) is 11.3. The van der Waals surface area contributed by atoms with E-state index >= 15 is 0 Å². The number of aryl methyl sites for hydroxylation is 1. The first kappa shape index (κ1) is 17.4. The third-order valence-electron chi connectivity index (χ3n) is 4.77. The van der Waals surface area contributed by atoms with Gasteiger partial charge in [-0.25, -0.2) is 0 Å². The minimum Gasteiger partial charge on any atom is -0.490 e. The van der Waals surface area contributed by atoms with Crippen LogP contribution in [0.4, 0.5) is 11.8 Å². The van der Waals surface area contributed by atoms with Gasteiger partial charge in [0.25, 0.3) is 0 Å². The summed E-state index contributed by atoms with van der Waals surface area (Å²) in [5.41, 5.74) is 9.33. The molecule has 0 saturated heterocycles. The van der Waals surface area contributed by atoms with Gasteiger partial charge in [-0.05, 0) is 43.5 Å². The molecular formula is C19H24N6O2. The average molecular weight is 368 g/mol. The molecule has 0 atom stereocenters. The van der Waals surface area contributed by atoms with Crippen molar-refractivity contribution in [3.63, 3.8) is 0 Å². The quantitative estimate of drug-likeness (QED) is 0.739. The van der Waals surface area contributed by atoms with Crippen LogP contribution in [0, 0.1) is 0 Å². The van der Waals surface area contributed by atoms with E-state index in [1.54, 1.807) is 10.9 Å². The Bertz CT molecular complexity index is 984. The number of anilines is 2. The van der Waals surface area contributed by atoms with Gasteiger partial charge in [-0.15, -0.1) is 0 Å². The molecule has 142 valence electrons. The minimum atomic E-state index is 0.454. The maximum Gasteiger partial charge on any atom is 0.229 e. The molecule has 1 aliphatic rings. The number of ether oxygens (including phenoxy) is 2. The Morgan fingerprint density at radius 1 is 1.07 bits per heavy atom. The zero-order valence-corrected chi connectivity index (χ0v) is 15.9. The van der Waals surface area contributed by atoms with Crippen molar-refractivity contribution in [2.24, 2.45) is 7.05 Å². The van der Waals surface area contributed by atoms with Crippen LogP contribution in [-0.2, 0) is 20.0 Å². The molecule has 0 radical (unpaired) electrons. The number of hydrogen-bond acceptors (Lipinski definition) is 7. The van der Waals surface area contributed by atoms with Gasteiger partial charge in [0.15, 0.2) is 17.1 Å². The first-order chi connectivity index (χ1) is 13.1. The molecule has 4 rings (SSSR count). The van der Waals surface area contributed by atoms with E-state index in [1.165, 1.54) is 11.1 Å². The molecule has 2 N–H and O–H groups in total. The smallest absolute Gasteiger partial charge is 0.229 e. The van der Waals surface area contributed by atoms with Crippen molar-refractivity contribution in [2.75, 3.05) is 30.4 Å². The normalized spacial score (nSPS) is 13.7. The number of rotatable bonds is 5. The molecule has 2 aromatic heterocycles. The van der Waals surface area contributed by atoms with Crippen LogP contribution in [0.25, 0.3) is 11.0 Å². The van der Waals surface area contributed by atoms with Crippen LogP contribution in [0.2, 0.25) is 0 Å². The fourth-order valence-corrected chi connectivity index (χ4v) is 3.44. The molecule has 0 amide bonds. The fourth-order valence-electron chi connectivity index (χ4n) is 3.44. The largest absolute Gasteiger partial charge is 0.490 e. The Morgan fingerprint density at radius 2 is 1.78 bits per heavy atom. The summed E-state index contributed by atoms with van der Waals surface area (Å²) in [7, 11) is 1.85. The van der Waals surface area contributed by atoms with Crippen molar-refractivity contribution in [3.05, 3.63) is 29.5 Å². The van der Waals surface area contributed by atoms with Gasteiger partial charge in [-0.2, -0.15) is 15.1 Å². The van der Waals surface area contributed by atoms with E-state index in [1.807, 2.05) is 20.9 Å². The van der Waals surface area contributed by atoms with Gasteiger partial charge in [0.2, 0.25) is 5.95 Å². The van der Waals surface area contributed by atoms with E-state index in [0.29, 0.717) is 31.5 Å². The molecule has 0 bridgehead atoms. The van der Waals surface area contributed by atoms with Crippen molar-refractivity contribution < 1.29 is 9.47 Å². The lowest BCUT2D eigenvalue weighted by Gasteiger charge is -2.30. The highest BCUT2D eigenvalue weighted by Crippen LogP contribution is 2.35. The second kappa shape index (κ2) is 6.94. The highest BCUT2D eigenvalue weighted by Gasteiger charge is 2.23. The summed E-state index contributed by atoms with van der Waals surface area (Å²) >= 11 is 0. The van der Waals surface area contributed by atoms with Crippen LogP contribution in [0.3, 0.4) is 0 Å². The zero-order chi connectivity index (χ0) is 19.0. The summed E-state index contributed by atoms with van der Waals surface area (Å²) in [5.74, 6) is 2.67. The highest BCUT2D eigenvalue weighted by atomic mass is 16.5. The van der Waals surface area contributed by atoms with Gasteiger partial charge >= 0.3 is 0 Å². The van der Waals surface area contributed by atoms with Crippen molar-refractivity contribution in [1.82, 2.24) is 19.7 Å². The number of nitrogen functional groups attached to an aromatic ring is 1. The van der Waals surface area contributed by atoms with E-state index in [4.69, 9.17) is 15.2 Å². The van der Waals surface area contributed by atoms with Crippen LogP contribution in [0.1, 0.15) is 25.0 Å². The Kier molecular flexibility index (Phi) is 4.47. The van der Waals surface area contributed by atoms with E-state index < -0.39 is 0 Å². The molecule has 0 unspecified atom stereocenters. The van der Waals surface area contributed by atoms with Gasteiger partial charge in [0.1, 0.15) is 5.82 Å². The van der Waals surface area contributed by atoms with Gasteiger partial charge in [-0.1, -0.05) is 0 Å². The van der Waals surface area contributed by atoms with Gasteiger partial charge in [-0.3, -0.25) is 4.68 Å². The molecule has 0 saturated carbocycles. The van der Waals surface area contributed by atoms with Crippen LogP contribution in [0.5, 0.6) is 11.5 Å². The molecule has 0 spiro atoms. The SMILES string of the molecule is CCOc1cc2c(cc1OCC)CN(c1nc(N)c3cnn(C)c3n1)CC2. The van der Waals surface area contributed by atoms with Crippen molar-refractivity contribution in [2.45, 2.75) is 26.8 Å². The third-order valence-corrected chi connectivity index (χ3v) is 4.77. The molecule has 0 fully saturated rings. The minimum absolute atomic E-state index is 0.454. The summed E-state index contributed by atoms with van der Waals surface area (Å²) in [5, 5.41) is 5.00. The summed E-state index contributed by atoms with van der Waals surface area (Å²) in [6, 6.07) is 4.17.